The Kier molecular flexibility index (Phi) is 3.88. The highest BCUT2D eigenvalue weighted by Crippen LogP contribution is 2.41. The first-order valence-electron chi connectivity index (χ1n) is 5.29. The standard InChI is InChI=1S/C12H12BrNO4/c1-2-3-14-10(12(15)16)7-4-8(13)11-9(5-7)17-6-18-11/h2,4-5,10,14H,1,3,6H2,(H,15,16). The highest BCUT2D eigenvalue weighted by atomic mass is 79.9. The Morgan fingerprint density at radius 1 is 1.61 bits per heavy atom. The van der Waals surface area contributed by atoms with Gasteiger partial charge in [-0.25, -0.2) is 0 Å². The number of carboxylic acids is 1. The lowest BCUT2D eigenvalue weighted by Crippen LogP contribution is -2.28. The Balaban J connectivity index is 2.33. The molecule has 0 spiro atoms. The van der Waals surface area contributed by atoms with Gasteiger partial charge >= 0.3 is 5.97 Å². The van der Waals surface area contributed by atoms with Crippen LogP contribution in [0.25, 0.3) is 0 Å². The normalized spacial score (nSPS) is 14.3. The molecular weight excluding hydrogens is 302 g/mol. The number of fused-ring (bicyclic) bond motifs is 1. The summed E-state index contributed by atoms with van der Waals surface area (Å²) in [6.45, 7) is 4.11. The van der Waals surface area contributed by atoms with Crippen LogP contribution in [-0.2, 0) is 4.79 Å². The first kappa shape index (κ1) is 12.9. The molecule has 1 aliphatic heterocycles. The summed E-state index contributed by atoms with van der Waals surface area (Å²) >= 11 is 3.34. The molecular formula is C12H12BrNO4. The van der Waals surface area contributed by atoms with E-state index in [0.29, 0.717) is 28.1 Å². The number of carbonyl (C=O) groups is 1. The van der Waals surface area contributed by atoms with Gasteiger partial charge in [0.2, 0.25) is 6.79 Å². The molecule has 0 saturated carbocycles. The molecule has 0 bridgehead atoms. The second-order valence-electron chi connectivity index (χ2n) is 3.70. The first-order chi connectivity index (χ1) is 8.63. The number of aliphatic carboxylic acids is 1. The molecule has 1 heterocycles. The minimum atomic E-state index is -0.956. The number of hydrogen-bond acceptors (Lipinski definition) is 4. The van der Waals surface area contributed by atoms with Crippen molar-refractivity contribution >= 4 is 21.9 Å². The number of hydrogen-bond donors (Lipinski definition) is 2. The van der Waals surface area contributed by atoms with Crippen LogP contribution in [0.2, 0.25) is 0 Å². The number of rotatable bonds is 5. The molecule has 0 aliphatic carbocycles. The Bertz CT molecular complexity index is 489. The predicted molar refractivity (Wildman–Crippen MR) is 68.8 cm³/mol. The van der Waals surface area contributed by atoms with Crippen molar-refractivity contribution in [1.29, 1.82) is 0 Å². The Morgan fingerprint density at radius 2 is 2.39 bits per heavy atom. The van der Waals surface area contributed by atoms with E-state index in [1.54, 1.807) is 18.2 Å². The lowest BCUT2D eigenvalue weighted by atomic mass is 10.1. The summed E-state index contributed by atoms with van der Waals surface area (Å²) in [7, 11) is 0. The van der Waals surface area contributed by atoms with Crippen LogP contribution in [0.1, 0.15) is 11.6 Å². The van der Waals surface area contributed by atoms with Crippen LogP contribution in [0, 0.1) is 0 Å². The summed E-state index contributed by atoms with van der Waals surface area (Å²) in [4.78, 5) is 11.2. The molecule has 96 valence electrons. The van der Waals surface area contributed by atoms with Crippen LogP contribution < -0.4 is 14.8 Å². The van der Waals surface area contributed by atoms with Gasteiger partial charge in [0, 0.05) is 6.54 Å². The van der Waals surface area contributed by atoms with E-state index in [2.05, 4.69) is 27.8 Å². The Morgan fingerprint density at radius 3 is 3.06 bits per heavy atom. The highest BCUT2D eigenvalue weighted by molar-refractivity contribution is 9.10. The van der Waals surface area contributed by atoms with Crippen molar-refractivity contribution in [2.75, 3.05) is 13.3 Å². The maximum absolute atomic E-state index is 11.2. The molecule has 18 heavy (non-hydrogen) atoms. The molecule has 0 saturated heterocycles. The van der Waals surface area contributed by atoms with E-state index >= 15 is 0 Å². The lowest BCUT2D eigenvalue weighted by molar-refractivity contribution is -0.139. The van der Waals surface area contributed by atoms with E-state index in [0.717, 1.165) is 0 Å². The molecule has 1 unspecified atom stereocenters. The third-order valence-corrected chi connectivity index (χ3v) is 3.09. The molecule has 1 atom stereocenters. The van der Waals surface area contributed by atoms with Crippen molar-refractivity contribution in [3.8, 4) is 11.5 Å². The largest absolute Gasteiger partial charge is 0.480 e. The van der Waals surface area contributed by atoms with Gasteiger partial charge in [-0.3, -0.25) is 10.1 Å². The molecule has 0 aromatic heterocycles. The summed E-state index contributed by atoms with van der Waals surface area (Å²) in [5.41, 5.74) is 0.598. The van der Waals surface area contributed by atoms with Crippen molar-refractivity contribution in [3.05, 3.63) is 34.8 Å². The van der Waals surface area contributed by atoms with Crippen LogP contribution >= 0.6 is 15.9 Å². The summed E-state index contributed by atoms with van der Waals surface area (Å²) in [6.07, 6.45) is 1.61. The zero-order chi connectivity index (χ0) is 13.1. The molecule has 5 nitrogen and oxygen atoms in total. The quantitative estimate of drug-likeness (QED) is 0.815. The number of ether oxygens (including phenoxy) is 2. The van der Waals surface area contributed by atoms with E-state index in [1.165, 1.54) is 0 Å². The minimum Gasteiger partial charge on any atom is -0.480 e. The van der Waals surface area contributed by atoms with Crippen LogP contribution in [-0.4, -0.2) is 24.4 Å². The molecule has 6 heteroatoms. The van der Waals surface area contributed by atoms with Crippen LogP contribution in [0.15, 0.2) is 29.3 Å². The average Bonchev–Trinajstić information content (AvgIpc) is 2.78. The van der Waals surface area contributed by atoms with Crippen LogP contribution in [0.4, 0.5) is 0 Å². The first-order valence-corrected chi connectivity index (χ1v) is 6.09. The second kappa shape index (κ2) is 5.41. The third kappa shape index (κ3) is 2.49. The van der Waals surface area contributed by atoms with E-state index in [-0.39, 0.29) is 6.79 Å². The van der Waals surface area contributed by atoms with Crippen molar-refractivity contribution < 1.29 is 19.4 Å². The third-order valence-electron chi connectivity index (χ3n) is 2.50. The van der Waals surface area contributed by atoms with Crippen molar-refractivity contribution in [1.82, 2.24) is 5.32 Å². The van der Waals surface area contributed by atoms with Crippen molar-refractivity contribution in [2.24, 2.45) is 0 Å². The fourth-order valence-electron chi connectivity index (χ4n) is 1.70. The summed E-state index contributed by atoms with van der Waals surface area (Å²) in [5.74, 6) is 0.195. The van der Waals surface area contributed by atoms with Gasteiger partial charge in [-0.15, -0.1) is 6.58 Å². The number of halogens is 1. The van der Waals surface area contributed by atoms with E-state index < -0.39 is 12.0 Å². The molecule has 0 radical (unpaired) electrons. The SMILES string of the molecule is C=CCNC(C(=O)O)c1cc(Br)c2c(c1)OCO2. The Labute approximate surface area is 113 Å². The van der Waals surface area contributed by atoms with Gasteiger partial charge in [0.05, 0.1) is 4.47 Å². The fourth-order valence-corrected chi connectivity index (χ4v) is 2.28. The smallest absolute Gasteiger partial charge is 0.325 e. The topological polar surface area (TPSA) is 67.8 Å². The predicted octanol–water partition coefficient (Wildman–Crippen LogP) is 2.08. The molecule has 1 aromatic rings. The molecule has 0 amide bonds. The number of carboxylic acid groups (broad SMARTS) is 1. The minimum absolute atomic E-state index is 0.148. The van der Waals surface area contributed by atoms with Crippen LogP contribution in [0.3, 0.4) is 0 Å². The van der Waals surface area contributed by atoms with Gasteiger partial charge in [-0.1, -0.05) is 6.08 Å². The molecule has 2 rings (SSSR count). The van der Waals surface area contributed by atoms with E-state index in [4.69, 9.17) is 9.47 Å². The van der Waals surface area contributed by atoms with Crippen molar-refractivity contribution in [3.63, 3.8) is 0 Å². The molecule has 2 N–H and O–H groups in total. The average molecular weight is 314 g/mol. The zero-order valence-corrected chi connectivity index (χ0v) is 11.1. The second-order valence-corrected chi connectivity index (χ2v) is 4.56. The molecule has 0 fully saturated rings. The summed E-state index contributed by atoms with van der Waals surface area (Å²) < 4.78 is 11.2. The number of nitrogens with one attached hydrogen (secondary N) is 1. The van der Waals surface area contributed by atoms with E-state index in [9.17, 15) is 9.90 Å². The fraction of sp³-hybridized carbons (Fsp3) is 0.250. The van der Waals surface area contributed by atoms with Gasteiger partial charge in [-0.05, 0) is 33.6 Å². The zero-order valence-electron chi connectivity index (χ0n) is 9.48. The van der Waals surface area contributed by atoms with Gasteiger partial charge in [0.25, 0.3) is 0 Å². The summed E-state index contributed by atoms with van der Waals surface area (Å²) in [6, 6.07) is 2.57. The summed E-state index contributed by atoms with van der Waals surface area (Å²) in [5, 5.41) is 12.1. The molecule has 1 aromatic carbocycles. The maximum atomic E-state index is 11.2. The Hall–Kier alpha value is -1.53. The van der Waals surface area contributed by atoms with Crippen molar-refractivity contribution in [2.45, 2.75) is 6.04 Å². The van der Waals surface area contributed by atoms with Gasteiger partial charge < -0.3 is 14.6 Å². The van der Waals surface area contributed by atoms with Gasteiger partial charge in [0.1, 0.15) is 6.04 Å². The van der Waals surface area contributed by atoms with Crippen LogP contribution in [0.5, 0.6) is 11.5 Å². The highest BCUT2D eigenvalue weighted by Gasteiger charge is 2.24. The molecule has 1 aliphatic rings. The van der Waals surface area contributed by atoms with Gasteiger partial charge in [-0.2, -0.15) is 0 Å². The monoisotopic (exact) mass is 313 g/mol. The van der Waals surface area contributed by atoms with E-state index in [1.807, 2.05) is 0 Å². The number of benzene rings is 1. The van der Waals surface area contributed by atoms with Gasteiger partial charge in [0.15, 0.2) is 11.5 Å². The maximum Gasteiger partial charge on any atom is 0.325 e. The lowest BCUT2D eigenvalue weighted by Gasteiger charge is -2.14.